The molecular formula is C21H20N4O2. The van der Waals surface area contributed by atoms with Crippen LogP contribution in [0.15, 0.2) is 55.0 Å². The van der Waals surface area contributed by atoms with Gasteiger partial charge in [0, 0.05) is 18.5 Å². The third-order valence-corrected chi connectivity index (χ3v) is 4.57. The number of pyridine rings is 1. The van der Waals surface area contributed by atoms with Crippen molar-refractivity contribution >= 4 is 27.9 Å². The van der Waals surface area contributed by atoms with Crippen LogP contribution >= 0.6 is 0 Å². The van der Waals surface area contributed by atoms with Crippen molar-refractivity contribution < 1.29 is 9.90 Å². The highest BCUT2D eigenvalue weighted by atomic mass is 16.4. The van der Waals surface area contributed by atoms with Crippen LogP contribution in [0.2, 0.25) is 0 Å². The molecule has 0 fully saturated rings. The minimum Gasteiger partial charge on any atom is -0.478 e. The van der Waals surface area contributed by atoms with Gasteiger partial charge in [-0.2, -0.15) is 0 Å². The van der Waals surface area contributed by atoms with Gasteiger partial charge in [0.05, 0.1) is 29.1 Å². The van der Waals surface area contributed by atoms with Crippen molar-refractivity contribution in [3.63, 3.8) is 0 Å². The fraction of sp³-hybridized carbons (Fsp3) is 0.190. The van der Waals surface area contributed by atoms with E-state index in [4.69, 9.17) is 0 Å². The molecule has 1 N–H and O–H groups in total. The molecule has 0 saturated heterocycles. The van der Waals surface area contributed by atoms with Crippen LogP contribution in [0.3, 0.4) is 0 Å². The van der Waals surface area contributed by atoms with Crippen LogP contribution < -0.4 is 0 Å². The molecule has 0 aliphatic carbocycles. The smallest absolute Gasteiger partial charge is 0.335 e. The lowest BCUT2D eigenvalue weighted by molar-refractivity contribution is 0.0697. The number of benzene rings is 2. The lowest BCUT2D eigenvalue weighted by Crippen LogP contribution is -2.10. The number of imidazole rings is 1. The lowest BCUT2D eigenvalue weighted by atomic mass is 10.1. The average molecular weight is 360 g/mol. The highest BCUT2D eigenvalue weighted by Gasteiger charge is 2.11. The Morgan fingerprint density at radius 3 is 2.48 bits per heavy atom. The number of aromatic carboxylic acids is 1. The summed E-state index contributed by atoms with van der Waals surface area (Å²) in [5.41, 5.74) is 5.12. The van der Waals surface area contributed by atoms with Gasteiger partial charge in [-0.1, -0.05) is 24.3 Å². The first-order valence-electron chi connectivity index (χ1n) is 8.71. The van der Waals surface area contributed by atoms with Crippen molar-refractivity contribution in [1.29, 1.82) is 0 Å². The van der Waals surface area contributed by atoms with E-state index >= 15 is 0 Å². The van der Waals surface area contributed by atoms with Gasteiger partial charge in [0.1, 0.15) is 5.52 Å². The number of fused-ring (bicyclic) bond motifs is 3. The van der Waals surface area contributed by atoms with Gasteiger partial charge < -0.3 is 14.6 Å². The second-order valence-corrected chi connectivity index (χ2v) is 6.96. The molecule has 0 saturated carbocycles. The summed E-state index contributed by atoms with van der Waals surface area (Å²) < 4.78 is 2.08. The molecular weight excluding hydrogens is 340 g/mol. The van der Waals surface area contributed by atoms with Crippen molar-refractivity contribution in [2.75, 3.05) is 14.1 Å². The summed E-state index contributed by atoms with van der Waals surface area (Å²) >= 11 is 0. The van der Waals surface area contributed by atoms with Crippen LogP contribution in [0.4, 0.5) is 0 Å². The fourth-order valence-electron chi connectivity index (χ4n) is 3.32. The Balaban J connectivity index is 1.72. The molecule has 0 bridgehead atoms. The largest absolute Gasteiger partial charge is 0.478 e. The zero-order valence-electron chi connectivity index (χ0n) is 15.3. The summed E-state index contributed by atoms with van der Waals surface area (Å²) in [6, 6.07) is 13.6. The standard InChI is InChI=1S/C21H20N4O2/c1-24(2)11-14-3-5-15(6-4-14)12-25-13-23-19-10-22-18-9-16(21(26)27)7-8-17(18)20(19)25/h3-10,13H,11-12H2,1-2H3,(H,26,27). The van der Waals surface area contributed by atoms with E-state index in [1.165, 1.54) is 11.1 Å². The number of carboxylic acids is 1. The minimum atomic E-state index is -0.954. The fourth-order valence-corrected chi connectivity index (χ4v) is 3.32. The molecule has 2 heterocycles. The van der Waals surface area contributed by atoms with Crippen molar-refractivity contribution in [2.24, 2.45) is 0 Å². The Hall–Kier alpha value is -3.25. The van der Waals surface area contributed by atoms with Crippen molar-refractivity contribution in [3.8, 4) is 0 Å². The summed E-state index contributed by atoms with van der Waals surface area (Å²) in [5.74, 6) is -0.954. The van der Waals surface area contributed by atoms with E-state index < -0.39 is 5.97 Å². The van der Waals surface area contributed by atoms with Crippen molar-refractivity contribution in [1.82, 2.24) is 19.4 Å². The van der Waals surface area contributed by atoms with Gasteiger partial charge in [0.2, 0.25) is 0 Å². The molecule has 2 aromatic carbocycles. The molecule has 4 aromatic rings. The molecule has 0 spiro atoms. The number of rotatable bonds is 5. The predicted octanol–water partition coefficient (Wildman–Crippen LogP) is 3.39. The second-order valence-electron chi connectivity index (χ2n) is 6.96. The summed E-state index contributed by atoms with van der Waals surface area (Å²) in [6.07, 6.45) is 3.50. The van der Waals surface area contributed by atoms with Crippen LogP contribution in [0.1, 0.15) is 21.5 Å². The maximum Gasteiger partial charge on any atom is 0.335 e. The normalized spacial score (nSPS) is 11.5. The third kappa shape index (κ3) is 3.39. The zero-order valence-corrected chi connectivity index (χ0v) is 15.3. The Bertz CT molecular complexity index is 1130. The van der Waals surface area contributed by atoms with Crippen LogP contribution in [-0.2, 0) is 13.1 Å². The molecule has 2 aromatic heterocycles. The van der Waals surface area contributed by atoms with E-state index in [9.17, 15) is 9.90 Å². The Labute approximate surface area is 156 Å². The molecule has 0 radical (unpaired) electrons. The molecule has 27 heavy (non-hydrogen) atoms. The van der Waals surface area contributed by atoms with Gasteiger partial charge in [-0.3, -0.25) is 4.98 Å². The van der Waals surface area contributed by atoms with Crippen LogP contribution in [0.5, 0.6) is 0 Å². The van der Waals surface area contributed by atoms with Crippen LogP contribution in [-0.4, -0.2) is 44.6 Å². The number of carboxylic acid groups (broad SMARTS) is 1. The summed E-state index contributed by atoms with van der Waals surface area (Å²) in [6.45, 7) is 1.61. The minimum absolute atomic E-state index is 0.233. The van der Waals surface area contributed by atoms with Gasteiger partial charge in [-0.05, 0) is 43.4 Å². The highest BCUT2D eigenvalue weighted by Crippen LogP contribution is 2.24. The quantitative estimate of drug-likeness (QED) is 0.591. The highest BCUT2D eigenvalue weighted by molar-refractivity contribution is 6.04. The molecule has 6 heteroatoms. The summed E-state index contributed by atoms with van der Waals surface area (Å²) in [5, 5.41) is 10.1. The molecule has 136 valence electrons. The van der Waals surface area contributed by atoms with Gasteiger partial charge in [0.25, 0.3) is 0 Å². The van der Waals surface area contributed by atoms with Crippen LogP contribution in [0, 0.1) is 0 Å². The average Bonchev–Trinajstić information content (AvgIpc) is 3.05. The predicted molar refractivity (Wildman–Crippen MR) is 105 cm³/mol. The maximum absolute atomic E-state index is 11.2. The molecule has 0 atom stereocenters. The molecule has 0 amide bonds. The molecule has 6 nitrogen and oxygen atoms in total. The van der Waals surface area contributed by atoms with E-state index in [2.05, 4.69) is 57.8 Å². The van der Waals surface area contributed by atoms with Crippen molar-refractivity contribution in [3.05, 3.63) is 71.7 Å². The lowest BCUT2D eigenvalue weighted by Gasteiger charge is -2.11. The molecule has 0 aliphatic heterocycles. The van der Waals surface area contributed by atoms with Crippen LogP contribution in [0.25, 0.3) is 21.9 Å². The van der Waals surface area contributed by atoms with Crippen molar-refractivity contribution in [2.45, 2.75) is 13.1 Å². The van der Waals surface area contributed by atoms with E-state index in [-0.39, 0.29) is 5.56 Å². The number of carbonyl (C=O) groups is 1. The molecule has 0 unspecified atom stereocenters. The molecule has 0 aliphatic rings. The third-order valence-electron chi connectivity index (χ3n) is 4.57. The number of hydrogen-bond donors (Lipinski definition) is 1. The first-order valence-corrected chi connectivity index (χ1v) is 8.71. The summed E-state index contributed by atoms with van der Waals surface area (Å²) in [4.78, 5) is 22.2. The Kier molecular flexibility index (Phi) is 4.33. The number of aromatic nitrogens is 3. The molecule has 4 rings (SSSR count). The first kappa shape index (κ1) is 17.2. The number of hydrogen-bond acceptors (Lipinski definition) is 4. The van der Waals surface area contributed by atoms with Gasteiger partial charge in [-0.15, -0.1) is 0 Å². The van der Waals surface area contributed by atoms with E-state index in [1.54, 1.807) is 18.3 Å². The SMILES string of the molecule is CN(C)Cc1ccc(Cn2cnc3cnc4cc(C(=O)O)ccc4c32)cc1. The topological polar surface area (TPSA) is 71.2 Å². The van der Waals surface area contributed by atoms with Gasteiger partial charge in [-0.25, -0.2) is 9.78 Å². The van der Waals surface area contributed by atoms with E-state index in [0.717, 1.165) is 23.0 Å². The second kappa shape index (κ2) is 6.81. The Morgan fingerprint density at radius 1 is 1.04 bits per heavy atom. The van der Waals surface area contributed by atoms with E-state index in [1.807, 2.05) is 12.4 Å². The van der Waals surface area contributed by atoms with Gasteiger partial charge in [0.15, 0.2) is 0 Å². The van der Waals surface area contributed by atoms with Gasteiger partial charge >= 0.3 is 5.97 Å². The maximum atomic E-state index is 11.2. The zero-order chi connectivity index (χ0) is 19.0. The Morgan fingerprint density at radius 2 is 1.78 bits per heavy atom. The number of nitrogens with zero attached hydrogens (tertiary/aromatic N) is 4. The first-order chi connectivity index (χ1) is 13.0. The van der Waals surface area contributed by atoms with E-state index in [0.29, 0.717) is 12.1 Å². The summed E-state index contributed by atoms with van der Waals surface area (Å²) in [7, 11) is 4.11. The monoisotopic (exact) mass is 360 g/mol.